The first-order valence-corrected chi connectivity index (χ1v) is 10.8. The number of imidazole rings is 1. The summed E-state index contributed by atoms with van der Waals surface area (Å²) in [5.41, 5.74) is 1.70. The molecule has 3 aromatic heterocycles. The van der Waals surface area contributed by atoms with Gasteiger partial charge in [0.25, 0.3) is 0 Å². The zero-order valence-corrected chi connectivity index (χ0v) is 16.4. The molecule has 1 unspecified atom stereocenters. The molecule has 0 amide bonds. The van der Waals surface area contributed by atoms with Crippen LogP contribution in [0, 0.1) is 0 Å². The average Bonchev–Trinajstić information content (AvgIpc) is 3.39. The highest BCUT2D eigenvalue weighted by Gasteiger charge is 2.35. The van der Waals surface area contributed by atoms with Crippen molar-refractivity contribution in [3.8, 4) is 0 Å². The van der Waals surface area contributed by atoms with E-state index in [9.17, 15) is 8.42 Å². The Labute approximate surface area is 158 Å². The first-order valence-electron chi connectivity index (χ1n) is 9.39. The first-order chi connectivity index (χ1) is 13.0. The van der Waals surface area contributed by atoms with Crippen molar-refractivity contribution in [3.05, 3.63) is 36.5 Å². The summed E-state index contributed by atoms with van der Waals surface area (Å²) in [7, 11) is -3.53. The van der Waals surface area contributed by atoms with Crippen LogP contribution in [0.25, 0.3) is 11.2 Å². The van der Waals surface area contributed by atoms with Gasteiger partial charge in [-0.25, -0.2) is 18.4 Å². The molecule has 0 bridgehead atoms. The predicted molar refractivity (Wildman–Crippen MR) is 102 cm³/mol. The maximum atomic E-state index is 13.0. The van der Waals surface area contributed by atoms with E-state index in [2.05, 4.69) is 21.6 Å². The van der Waals surface area contributed by atoms with Crippen molar-refractivity contribution >= 4 is 21.2 Å². The lowest BCUT2D eigenvalue weighted by Gasteiger charge is -2.18. The summed E-state index contributed by atoms with van der Waals surface area (Å²) in [6.45, 7) is 5.61. The van der Waals surface area contributed by atoms with Crippen LogP contribution in [0.1, 0.15) is 38.6 Å². The number of pyridine rings is 1. The van der Waals surface area contributed by atoms with Crippen molar-refractivity contribution in [3.63, 3.8) is 0 Å². The molecular weight excluding hydrogens is 364 g/mol. The number of nitrogens with zero attached hydrogens (tertiary/aromatic N) is 6. The molecule has 27 heavy (non-hydrogen) atoms. The number of hydrogen-bond donors (Lipinski definition) is 0. The summed E-state index contributed by atoms with van der Waals surface area (Å²) in [5.74, 6) is 0.981. The Hall–Kier alpha value is -2.26. The van der Waals surface area contributed by atoms with E-state index in [0.29, 0.717) is 19.6 Å². The Morgan fingerprint density at radius 2 is 2.15 bits per heavy atom. The fourth-order valence-corrected chi connectivity index (χ4v) is 5.15. The highest BCUT2D eigenvalue weighted by Crippen LogP contribution is 2.31. The largest absolute Gasteiger partial charge is 0.308 e. The van der Waals surface area contributed by atoms with Gasteiger partial charge >= 0.3 is 0 Å². The fourth-order valence-electron chi connectivity index (χ4n) is 3.70. The average molecular weight is 388 g/mol. The molecule has 4 rings (SSSR count). The van der Waals surface area contributed by atoms with E-state index in [4.69, 9.17) is 4.98 Å². The maximum absolute atomic E-state index is 13.0. The number of aryl methyl sites for hydroxylation is 2. The minimum atomic E-state index is -3.53. The normalized spacial score (nSPS) is 18.5. The number of aromatic nitrogens is 5. The smallest absolute Gasteiger partial charge is 0.246 e. The summed E-state index contributed by atoms with van der Waals surface area (Å²) in [5, 5.41) is 4.11. The van der Waals surface area contributed by atoms with E-state index >= 15 is 0 Å². The third kappa shape index (κ3) is 3.14. The zero-order chi connectivity index (χ0) is 19.0. The van der Waals surface area contributed by atoms with Crippen LogP contribution in [0.15, 0.2) is 35.6 Å². The lowest BCUT2D eigenvalue weighted by atomic mass is 10.2. The third-order valence-electron chi connectivity index (χ3n) is 5.06. The van der Waals surface area contributed by atoms with Crippen LogP contribution < -0.4 is 0 Å². The van der Waals surface area contributed by atoms with Gasteiger partial charge in [-0.3, -0.25) is 4.68 Å². The second-order valence-corrected chi connectivity index (χ2v) is 8.77. The third-order valence-corrected chi connectivity index (χ3v) is 6.88. The molecule has 1 fully saturated rings. The van der Waals surface area contributed by atoms with E-state index in [1.54, 1.807) is 21.4 Å². The first kappa shape index (κ1) is 18.1. The van der Waals surface area contributed by atoms with Crippen molar-refractivity contribution in [1.82, 2.24) is 28.6 Å². The molecule has 0 aromatic carbocycles. The summed E-state index contributed by atoms with van der Waals surface area (Å²) in [6, 6.07) is 3.88. The topological polar surface area (TPSA) is 85.9 Å². The SMILES string of the molecule is CCCc1nc2cccnc2n1C1CCN(S(=O)(=O)c2cnn(CC)c2)C1. The molecule has 4 heterocycles. The number of hydrogen-bond acceptors (Lipinski definition) is 5. The fraction of sp³-hybridized carbons (Fsp3) is 0.500. The van der Waals surface area contributed by atoms with Gasteiger partial charge in [-0.05, 0) is 31.9 Å². The van der Waals surface area contributed by atoms with Gasteiger partial charge < -0.3 is 4.57 Å². The van der Waals surface area contributed by atoms with Crippen molar-refractivity contribution in [2.75, 3.05) is 13.1 Å². The van der Waals surface area contributed by atoms with Gasteiger partial charge in [0.15, 0.2) is 5.65 Å². The molecule has 0 saturated carbocycles. The van der Waals surface area contributed by atoms with Gasteiger partial charge in [-0.1, -0.05) is 6.92 Å². The monoisotopic (exact) mass is 388 g/mol. The molecular formula is C18H24N6O2S. The second kappa shape index (κ2) is 7.05. The van der Waals surface area contributed by atoms with Gasteiger partial charge in [-0.2, -0.15) is 9.40 Å². The quantitative estimate of drug-likeness (QED) is 0.646. The minimum Gasteiger partial charge on any atom is -0.308 e. The molecule has 0 N–H and O–H groups in total. The Balaban J connectivity index is 1.65. The van der Waals surface area contributed by atoms with Crippen molar-refractivity contribution < 1.29 is 8.42 Å². The summed E-state index contributed by atoms with van der Waals surface area (Å²) >= 11 is 0. The van der Waals surface area contributed by atoms with E-state index in [1.807, 2.05) is 19.1 Å². The molecule has 0 aliphatic carbocycles. The maximum Gasteiger partial charge on any atom is 0.246 e. The van der Waals surface area contributed by atoms with Crippen LogP contribution in [-0.4, -0.2) is 50.1 Å². The van der Waals surface area contributed by atoms with Crippen LogP contribution >= 0.6 is 0 Å². The van der Waals surface area contributed by atoms with E-state index < -0.39 is 10.0 Å². The highest BCUT2D eigenvalue weighted by molar-refractivity contribution is 7.89. The van der Waals surface area contributed by atoms with Crippen LogP contribution in [0.3, 0.4) is 0 Å². The zero-order valence-electron chi connectivity index (χ0n) is 15.6. The molecule has 8 nitrogen and oxygen atoms in total. The van der Waals surface area contributed by atoms with Crippen LogP contribution in [0.4, 0.5) is 0 Å². The molecule has 9 heteroatoms. The van der Waals surface area contributed by atoms with Crippen LogP contribution in [-0.2, 0) is 23.0 Å². The highest BCUT2D eigenvalue weighted by atomic mass is 32.2. The molecule has 144 valence electrons. The summed E-state index contributed by atoms with van der Waals surface area (Å²) < 4.78 is 31.3. The molecule has 1 saturated heterocycles. The Bertz CT molecular complexity index is 1050. The summed E-state index contributed by atoms with van der Waals surface area (Å²) in [4.78, 5) is 9.49. The Morgan fingerprint density at radius 3 is 2.89 bits per heavy atom. The number of fused-ring (bicyclic) bond motifs is 1. The van der Waals surface area contributed by atoms with E-state index in [-0.39, 0.29) is 10.9 Å². The Kier molecular flexibility index (Phi) is 4.73. The molecule has 1 atom stereocenters. The van der Waals surface area contributed by atoms with Crippen LogP contribution in [0.5, 0.6) is 0 Å². The molecule has 0 spiro atoms. The van der Waals surface area contributed by atoms with Gasteiger partial charge in [0.2, 0.25) is 10.0 Å². The standard InChI is InChI=1S/C18H24N6O2S/c1-3-6-17-21-16-7-5-9-19-18(16)24(17)14-8-10-23(12-14)27(25,26)15-11-20-22(4-2)13-15/h5,7,9,11,13-14H,3-4,6,8,10,12H2,1-2H3. The Morgan fingerprint density at radius 1 is 1.30 bits per heavy atom. The molecule has 0 radical (unpaired) electrons. The van der Waals surface area contributed by atoms with Crippen molar-refractivity contribution in [1.29, 1.82) is 0 Å². The van der Waals surface area contributed by atoms with Gasteiger partial charge in [0.05, 0.1) is 12.2 Å². The van der Waals surface area contributed by atoms with Gasteiger partial charge in [-0.15, -0.1) is 0 Å². The predicted octanol–water partition coefficient (Wildman–Crippen LogP) is 2.24. The van der Waals surface area contributed by atoms with Crippen LogP contribution in [0.2, 0.25) is 0 Å². The second-order valence-electron chi connectivity index (χ2n) is 6.83. The van der Waals surface area contributed by atoms with Crippen molar-refractivity contribution in [2.45, 2.75) is 50.6 Å². The lowest BCUT2D eigenvalue weighted by Crippen LogP contribution is -2.29. The molecule has 3 aromatic rings. The number of rotatable bonds is 6. The lowest BCUT2D eigenvalue weighted by molar-refractivity contribution is 0.449. The minimum absolute atomic E-state index is 0.0439. The van der Waals surface area contributed by atoms with Crippen molar-refractivity contribution in [2.24, 2.45) is 0 Å². The van der Waals surface area contributed by atoms with E-state index in [1.165, 1.54) is 6.20 Å². The molecule has 1 aliphatic rings. The molecule has 1 aliphatic heterocycles. The van der Waals surface area contributed by atoms with E-state index in [0.717, 1.165) is 36.3 Å². The van der Waals surface area contributed by atoms with Gasteiger partial charge in [0.1, 0.15) is 16.2 Å². The van der Waals surface area contributed by atoms with Gasteiger partial charge in [0, 0.05) is 38.4 Å². The number of sulfonamides is 1. The summed E-state index contributed by atoms with van der Waals surface area (Å²) in [6.07, 6.45) is 7.37.